The molecule has 0 aliphatic heterocycles. The van der Waals surface area contributed by atoms with E-state index in [1.807, 2.05) is 0 Å². The van der Waals surface area contributed by atoms with Gasteiger partial charge in [0, 0.05) is 19.2 Å². The third-order valence-electron chi connectivity index (χ3n) is 2.33. The van der Waals surface area contributed by atoms with Gasteiger partial charge in [0.05, 0.1) is 12.0 Å². The summed E-state index contributed by atoms with van der Waals surface area (Å²) in [6.07, 6.45) is 0.588. The van der Waals surface area contributed by atoms with Crippen LogP contribution in [0.25, 0.3) is 0 Å². The van der Waals surface area contributed by atoms with Gasteiger partial charge in [-0.05, 0) is 24.6 Å². The molecule has 0 heterocycles. The maximum absolute atomic E-state index is 11.7. The minimum absolute atomic E-state index is 0.150. The quantitative estimate of drug-likeness (QED) is 0.542. The Hall–Kier alpha value is -1.46. The van der Waals surface area contributed by atoms with Crippen LogP contribution in [0.5, 0.6) is 11.5 Å². The molecule has 1 aromatic carbocycles. The van der Waals surface area contributed by atoms with Gasteiger partial charge < -0.3 is 20.3 Å². The first kappa shape index (κ1) is 14.6. The van der Waals surface area contributed by atoms with E-state index in [4.69, 9.17) is 21.4 Å². The predicted molar refractivity (Wildman–Crippen MR) is 68.2 cm³/mol. The van der Waals surface area contributed by atoms with Gasteiger partial charge in [-0.1, -0.05) is 0 Å². The molecule has 0 radical (unpaired) electrons. The molecule has 5 nitrogen and oxygen atoms in total. The van der Waals surface area contributed by atoms with Gasteiger partial charge in [0.15, 0.2) is 11.5 Å². The van der Waals surface area contributed by atoms with Gasteiger partial charge in [-0.15, -0.1) is 11.6 Å². The molecule has 1 aromatic rings. The number of benzene rings is 1. The monoisotopic (exact) mass is 273 g/mol. The fourth-order valence-corrected chi connectivity index (χ4v) is 1.61. The van der Waals surface area contributed by atoms with Crippen LogP contribution in [0, 0.1) is 0 Å². The summed E-state index contributed by atoms with van der Waals surface area (Å²) in [6, 6.07) is 3.90. The maximum Gasteiger partial charge on any atom is 0.251 e. The van der Waals surface area contributed by atoms with Gasteiger partial charge in [-0.3, -0.25) is 4.79 Å². The lowest BCUT2D eigenvalue weighted by molar-refractivity contribution is 0.0951. The first-order valence-electron chi connectivity index (χ1n) is 5.47. The molecule has 0 aromatic heterocycles. The molecule has 0 aliphatic rings. The number of phenols is 2. The summed E-state index contributed by atoms with van der Waals surface area (Å²) < 4.78 is 4.87. The highest BCUT2D eigenvalue weighted by molar-refractivity contribution is 6.20. The fraction of sp³-hybridized carbons (Fsp3) is 0.417. The average molecular weight is 274 g/mol. The molecule has 0 spiro atoms. The highest BCUT2D eigenvalue weighted by Gasteiger charge is 2.09. The van der Waals surface area contributed by atoms with Crippen LogP contribution >= 0.6 is 11.6 Å². The molecule has 0 bridgehead atoms. The molecule has 0 fully saturated rings. The molecule has 1 amide bonds. The number of rotatable bonds is 6. The first-order valence-corrected chi connectivity index (χ1v) is 5.91. The summed E-state index contributed by atoms with van der Waals surface area (Å²) in [7, 11) is 1.56. The number of halogens is 1. The molecular weight excluding hydrogens is 258 g/mol. The van der Waals surface area contributed by atoms with Crippen LogP contribution in [0.1, 0.15) is 16.8 Å². The molecule has 0 aliphatic carbocycles. The van der Waals surface area contributed by atoms with Crippen molar-refractivity contribution in [2.24, 2.45) is 0 Å². The Morgan fingerprint density at radius 3 is 2.78 bits per heavy atom. The molecule has 0 saturated heterocycles. The molecule has 0 saturated carbocycles. The van der Waals surface area contributed by atoms with E-state index in [1.165, 1.54) is 18.2 Å². The smallest absolute Gasteiger partial charge is 0.251 e. The summed E-state index contributed by atoms with van der Waals surface area (Å²) >= 11 is 5.91. The second-order valence-corrected chi connectivity index (χ2v) is 4.42. The molecule has 3 N–H and O–H groups in total. The Morgan fingerprint density at radius 2 is 2.17 bits per heavy atom. The predicted octanol–water partition coefficient (Wildman–Crippen LogP) is 1.47. The molecular formula is C12H16ClNO4. The second kappa shape index (κ2) is 7.08. The van der Waals surface area contributed by atoms with Gasteiger partial charge in [-0.25, -0.2) is 0 Å². The summed E-state index contributed by atoms with van der Waals surface area (Å²) in [5.41, 5.74) is 0.281. The van der Waals surface area contributed by atoms with E-state index in [9.17, 15) is 9.90 Å². The number of nitrogens with one attached hydrogen (secondary N) is 1. The molecule has 1 unspecified atom stereocenters. The van der Waals surface area contributed by atoms with Crippen LogP contribution in [0.4, 0.5) is 0 Å². The SMILES string of the molecule is COCC(Cl)CCNC(=O)c1ccc(O)c(O)c1. The van der Waals surface area contributed by atoms with E-state index < -0.39 is 0 Å². The van der Waals surface area contributed by atoms with Crippen LogP contribution < -0.4 is 5.32 Å². The van der Waals surface area contributed by atoms with E-state index in [1.54, 1.807) is 7.11 Å². The van der Waals surface area contributed by atoms with E-state index in [0.717, 1.165) is 0 Å². The summed E-state index contributed by atoms with van der Waals surface area (Å²) in [5, 5.41) is 20.9. The standard InChI is InChI=1S/C12H16ClNO4/c1-18-7-9(13)4-5-14-12(17)8-2-3-10(15)11(16)6-8/h2-3,6,9,15-16H,4-5,7H2,1H3,(H,14,17). The minimum Gasteiger partial charge on any atom is -0.504 e. The van der Waals surface area contributed by atoms with Crippen molar-refractivity contribution in [1.82, 2.24) is 5.32 Å². The zero-order valence-electron chi connectivity index (χ0n) is 10.0. The van der Waals surface area contributed by atoms with Crippen molar-refractivity contribution in [2.75, 3.05) is 20.3 Å². The average Bonchev–Trinajstić information content (AvgIpc) is 2.33. The normalized spacial score (nSPS) is 12.1. The number of hydrogen-bond acceptors (Lipinski definition) is 4. The topological polar surface area (TPSA) is 78.8 Å². The van der Waals surface area contributed by atoms with Gasteiger partial charge in [0.25, 0.3) is 5.91 Å². The Bertz CT molecular complexity index is 411. The largest absolute Gasteiger partial charge is 0.504 e. The van der Waals surface area contributed by atoms with Crippen LogP contribution in [-0.2, 0) is 4.74 Å². The van der Waals surface area contributed by atoms with Crippen molar-refractivity contribution >= 4 is 17.5 Å². The van der Waals surface area contributed by atoms with Gasteiger partial charge >= 0.3 is 0 Å². The van der Waals surface area contributed by atoms with E-state index in [2.05, 4.69) is 5.32 Å². The van der Waals surface area contributed by atoms with Crippen molar-refractivity contribution < 1.29 is 19.7 Å². The Kier molecular flexibility index (Phi) is 5.74. The number of hydrogen-bond donors (Lipinski definition) is 3. The number of amides is 1. The van der Waals surface area contributed by atoms with Crippen LogP contribution in [-0.4, -0.2) is 41.8 Å². The zero-order chi connectivity index (χ0) is 13.5. The third-order valence-corrected chi connectivity index (χ3v) is 2.67. The second-order valence-electron chi connectivity index (χ2n) is 3.80. The van der Waals surface area contributed by atoms with Crippen molar-refractivity contribution in [3.63, 3.8) is 0 Å². The van der Waals surface area contributed by atoms with Crippen LogP contribution in [0.3, 0.4) is 0 Å². The Balaban J connectivity index is 2.43. The lowest BCUT2D eigenvalue weighted by Gasteiger charge is -2.09. The maximum atomic E-state index is 11.7. The molecule has 1 rings (SSSR count). The highest BCUT2D eigenvalue weighted by atomic mass is 35.5. The van der Waals surface area contributed by atoms with Gasteiger partial charge in [-0.2, -0.15) is 0 Å². The van der Waals surface area contributed by atoms with E-state index in [0.29, 0.717) is 19.6 Å². The summed E-state index contributed by atoms with van der Waals surface area (Å²) in [6.45, 7) is 0.843. The van der Waals surface area contributed by atoms with Crippen molar-refractivity contribution in [3.05, 3.63) is 23.8 Å². The molecule has 100 valence electrons. The van der Waals surface area contributed by atoms with E-state index >= 15 is 0 Å². The number of carbonyl (C=O) groups is 1. The van der Waals surface area contributed by atoms with Gasteiger partial charge in [0.2, 0.25) is 0 Å². The highest BCUT2D eigenvalue weighted by Crippen LogP contribution is 2.24. The molecule has 1 atom stereocenters. The number of alkyl halides is 1. The number of ether oxygens (including phenoxy) is 1. The molecule has 6 heteroatoms. The number of aromatic hydroxyl groups is 2. The van der Waals surface area contributed by atoms with Crippen molar-refractivity contribution in [2.45, 2.75) is 11.8 Å². The fourth-order valence-electron chi connectivity index (χ4n) is 1.37. The minimum atomic E-state index is -0.327. The van der Waals surface area contributed by atoms with Crippen molar-refractivity contribution in [3.8, 4) is 11.5 Å². The number of carbonyl (C=O) groups excluding carboxylic acids is 1. The summed E-state index contributed by atoms with van der Waals surface area (Å²) in [4.78, 5) is 11.7. The van der Waals surface area contributed by atoms with Crippen molar-refractivity contribution in [1.29, 1.82) is 0 Å². The Morgan fingerprint density at radius 1 is 1.44 bits per heavy atom. The van der Waals surface area contributed by atoms with Crippen LogP contribution in [0.2, 0.25) is 0 Å². The lowest BCUT2D eigenvalue weighted by Crippen LogP contribution is -2.26. The number of phenolic OH excluding ortho intramolecular Hbond substituents is 2. The van der Waals surface area contributed by atoms with E-state index in [-0.39, 0.29) is 28.3 Å². The molecule has 18 heavy (non-hydrogen) atoms. The van der Waals surface area contributed by atoms with Crippen LogP contribution in [0.15, 0.2) is 18.2 Å². The lowest BCUT2D eigenvalue weighted by atomic mass is 10.2. The number of methoxy groups -OCH3 is 1. The summed E-state index contributed by atoms with van der Waals surface area (Å²) in [5.74, 6) is -0.906. The van der Waals surface area contributed by atoms with Gasteiger partial charge in [0.1, 0.15) is 0 Å². The first-order chi connectivity index (χ1) is 8.54. The third kappa shape index (κ3) is 4.43. The Labute approximate surface area is 110 Å². The zero-order valence-corrected chi connectivity index (χ0v) is 10.8.